The summed E-state index contributed by atoms with van der Waals surface area (Å²) < 4.78 is 1.87. The number of nitrogens with zero attached hydrogens (tertiary/aromatic N) is 2. The summed E-state index contributed by atoms with van der Waals surface area (Å²) in [6, 6.07) is 8.27. The van der Waals surface area contributed by atoms with Gasteiger partial charge in [-0.2, -0.15) is 5.10 Å². The highest BCUT2D eigenvalue weighted by molar-refractivity contribution is 5.96. The standard InChI is InChI=1S/C14H16N4/c1-9-14(13(7-15)18(2)17-9)11-8-16-12-6-4-3-5-10(11)12/h3-6,8,16H,7,15H2,1-2H3. The summed E-state index contributed by atoms with van der Waals surface area (Å²) in [5, 5.41) is 5.68. The van der Waals surface area contributed by atoms with E-state index in [1.807, 2.05) is 37.0 Å². The van der Waals surface area contributed by atoms with Gasteiger partial charge in [0.2, 0.25) is 0 Å². The van der Waals surface area contributed by atoms with Crippen LogP contribution in [0.2, 0.25) is 0 Å². The van der Waals surface area contributed by atoms with E-state index in [2.05, 4.69) is 22.2 Å². The predicted molar refractivity (Wildman–Crippen MR) is 73.1 cm³/mol. The van der Waals surface area contributed by atoms with Crippen molar-refractivity contribution in [2.24, 2.45) is 12.8 Å². The van der Waals surface area contributed by atoms with Gasteiger partial charge in [-0.05, 0) is 13.0 Å². The molecule has 3 aromatic rings. The van der Waals surface area contributed by atoms with E-state index in [1.54, 1.807) is 0 Å². The van der Waals surface area contributed by atoms with Gasteiger partial charge >= 0.3 is 0 Å². The second-order valence-corrected chi connectivity index (χ2v) is 4.48. The Labute approximate surface area is 105 Å². The summed E-state index contributed by atoms with van der Waals surface area (Å²) in [7, 11) is 1.94. The molecule has 4 heteroatoms. The van der Waals surface area contributed by atoms with Gasteiger partial charge < -0.3 is 10.7 Å². The summed E-state index contributed by atoms with van der Waals surface area (Å²) in [6.07, 6.45) is 2.04. The van der Waals surface area contributed by atoms with Crippen molar-refractivity contribution in [1.29, 1.82) is 0 Å². The highest BCUT2D eigenvalue weighted by Gasteiger charge is 2.16. The van der Waals surface area contributed by atoms with E-state index in [-0.39, 0.29) is 0 Å². The number of aromatic amines is 1. The van der Waals surface area contributed by atoms with Crippen molar-refractivity contribution in [2.45, 2.75) is 13.5 Å². The largest absolute Gasteiger partial charge is 0.361 e. The highest BCUT2D eigenvalue weighted by atomic mass is 15.3. The number of nitrogens with two attached hydrogens (primary N) is 1. The second-order valence-electron chi connectivity index (χ2n) is 4.48. The minimum atomic E-state index is 0.492. The van der Waals surface area contributed by atoms with E-state index < -0.39 is 0 Å². The third-order valence-electron chi connectivity index (χ3n) is 3.39. The highest BCUT2D eigenvalue weighted by Crippen LogP contribution is 2.32. The first kappa shape index (κ1) is 11.0. The smallest absolute Gasteiger partial charge is 0.0676 e. The molecule has 1 aromatic carbocycles. The third-order valence-corrected chi connectivity index (χ3v) is 3.39. The average molecular weight is 240 g/mol. The summed E-state index contributed by atoms with van der Waals surface area (Å²) in [5.74, 6) is 0. The first-order valence-electron chi connectivity index (χ1n) is 6.01. The Bertz CT molecular complexity index is 706. The average Bonchev–Trinajstić information content (AvgIpc) is 2.89. The van der Waals surface area contributed by atoms with Gasteiger partial charge in [0.05, 0.1) is 11.4 Å². The molecule has 0 spiro atoms. The molecule has 0 saturated carbocycles. The van der Waals surface area contributed by atoms with Crippen LogP contribution in [-0.4, -0.2) is 14.8 Å². The van der Waals surface area contributed by atoms with Gasteiger partial charge in [-0.25, -0.2) is 0 Å². The van der Waals surface area contributed by atoms with Crippen LogP contribution in [0.5, 0.6) is 0 Å². The molecule has 92 valence electrons. The molecule has 18 heavy (non-hydrogen) atoms. The minimum Gasteiger partial charge on any atom is -0.361 e. The normalized spacial score (nSPS) is 11.3. The van der Waals surface area contributed by atoms with E-state index in [0.717, 1.165) is 22.5 Å². The molecule has 0 bridgehead atoms. The molecule has 0 fully saturated rings. The van der Waals surface area contributed by atoms with Crippen LogP contribution in [0.3, 0.4) is 0 Å². The number of aryl methyl sites for hydroxylation is 2. The maximum atomic E-state index is 5.84. The number of H-pyrrole nitrogens is 1. The quantitative estimate of drug-likeness (QED) is 0.722. The van der Waals surface area contributed by atoms with Crippen molar-refractivity contribution in [3.63, 3.8) is 0 Å². The fraction of sp³-hybridized carbons (Fsp3) is 0.214. The molecule has 2 heterocycles. The van der Waals surface area contributed by atoms with Gasteiger partial charge in [0, 0.05) is 41.8 Å². The van der Waals surface area contributed by atoms with Gasteiger partial charge in [-0.1, -0.05) is 18.2 Å². The van der Waals surface area contributed by atoms with E-state index in [4.69, 9.17) is 5.73 Å². The Kier molecular flexibility index (Phi) is 2.45. The number of hydrogen-bond donors (Lipinski definition) is 2. The van der Waals surface area contributed by atoms with E-state index >= 15 is 0 Å². The lowest BCUT2D eigenvalue weighted by molar-refractivity contribution is 0.706. The Morgan fingerprint density at radius 2 is 2.11 bits per heavy atom. The lowest BCUT2D eigenvalue weighted by Crippen LogP contribution is -2.05. The number of rotatable bonds is 2. The Hall–Kier alpha value is -2.07. The van der Waals surface area contributed by atoms with Gasteiger partial charge in [-0.15, -0.1) is 0 Å². The summed E-state index contributed by atoms with van der Waals surface area (Å²) in [5.41, 5.74) is 11.4. The lowest BCUT2D eigenvalue weighted by Gasteiger charge is -2.03. The molecule has 4 nitrogen and oxygen atoms in total. The molecule has 0 aliphatic heterocycles. The molecule has 3 rings (SSSR count). The molecule has 0 aliphatic rings. The lowest BCUT2D eigenvalue weighted by atomic mass is 10.0. The maximum absolute atomic E-state index is 5.84. The maximum Gasteiger partial charge on any atom is 0.0676 e. The van der Waals surface area contributed by atoms with Crippen LogP contribution in [-0.2, 0) is 13.6 Å². The molecule has 0 aliphatic carbocycles. The summed E-state index contributed by atoms with van der Waals surface area (Å²) in [6.45, 7) is 2.52. The van der Waals surface area contributed by atoms with Gasteiger partial charge in [-0.3, -0.25) is 4.68 Å². The number of para-hydroxylation sites is 1. The van der Waals surface area contributed by atoms with Crippen molar-refractivity contribution in [1.82, 2.24) is 14.8 Å². The monoisotopic (exact) mass is 240 g/mol. The van der Waals surface area contributed by atoms with Gasteiger partial charge in [0.1, 0.15) is 0 Å². The molecule has 2 aromatic heterocycles. The zero-order valence-corrected chi connectivity index (χ0v) is 10.6. The molecule has 0 saturated heterocycles. The molecular formula is C14H16N4. The fourth-order valence-corrected chi connectivity index (χ4v) is 2.57. The van der Waals surface area contributed by atoms with Crippen LogP contribution >= 0.6 is 0 Å². The molecule has 0 unspecified atom stereocenters. The summed E-state index contributed by atoms with van der Waals surface area (Å²) in [4.78, 5) is 3.30. The van der Waals surface area contributed by atoms with Crippen LogP contribution in [0.4, 0.5) is 0 Å². The number of hydrogen-bond acceptors (Lipinski definition) is 2. The molecule has 0 amide bonds. The van der Waals surface area contributed by atoms with Crippen molar-refractivity contribution < 1.29 is 0 Å². The SMILES string of the molecule is Cc1nn(C)c(CN)c1-c1c[nH]c2ccccc12. The van der Waals surface area contributed by atoms with Crippen molar-refractivity contribution in [3.8, 4) is 11.1 Å². The Morgan fingerprint density at radius 3 is 2.89 bits per heavy atom. The van der Waals surface area contributed by atoms with Crippen molar-refractivity contribution in [2.75, 3.05) is 0 Å². The molecule has 0 atom stereocenters. The van der Waals surface area contributed by atoms with Gasteiger partial charge in [0.15, 0.2) is 0 Å². The number of benzene rings is 1. The van der Waals surface area contributed by atoms with Crippen LogP contribution in [0, 0.1) is 6.92 Å². The fourth-order valence-electron chi connectivity index (χ4n) is 2.57. The predicted octanol–water partition coefficient (Wildman–Crippen LogP) is 2.34. The van der Waals surface area contributed by atoms with Gasteiger partial charge in [0.25, 0.3) is 0 Å². The van der Waals surface area contributed by atoms with E-state index in [1.165, 1.54) is 10.9 Å². The third kappa shape index (κ3) is 1.46. The number of nitrogens with one attached hydrogen (secondary N) is 1. The van der Waals surface area contributed by atoms with Crippen LogP contribution in [0.25, 0.3) is 22.0 Å². The van der Waals surface area contributed by atoms with Crippen molar-refractivity contribution >= 4 is 10.9 Å². The van der Waals surface area contributed by atoms with Crippen LogP contribution in [0.15, 0.2) is 30.5 Å². The van der Waals surface area contributed by atoms with Crippen LogP contribution < -0.4 is 5.73 Å². The molecular weight excluding hydrogens is 224 g/mol. The zero-order chi connectivity index (χ0) is 12.7. The first-order valence-corrected chi connectivity index (χ1v) is 6.01. The van der Waals surface area contributed by atoms with Crippen molar-refractivity contribution in [3.05, 3.63) is 41.9 Å². The molecule has 3 N–H and O–H groups in total. The first-order chi connectivity index (χ1) is 8.72. The second kappa shape index (κ2) is 3.99. The number of fused-ring (bicyclic) bond motifs is 1. The zero-order valence-electron chi connectivity index (χ0n) is 10.6. The summed E-state index contributed by atoms with van der Waals surface area (Å²) >= 11 is 0. The topological polar surface area (TPSA) is 59.6 Å². The number of aromatic nitrogens is 3. The molecule has 0 radical (unpaired) electrons. The van der Waals surface area contributed by atoms with E-state index in [0.29, 0.717) is 6.54 Å². The van der Waals surface area contributed by atoms with E-state index in [9.17, 15) is 0 Å². The van der Waals surface area contributed by atoms with Crippen LogP contribution in [0.1, 0.15) is 11.4 Å². The Morgan fingerprint density at radius 1 is 1.33 bits per heavy atom. The Balaban J connectivity index is 2.33. The minimum absolute atomic E-state index is 0.492.